The number of methoxy groups -OCH3 is 4. The summed E-state index contributed by atoms with van der Waals surface area (Å²) in [6.07, 6.45) is 12.5. The summed E-state index contributed by atoms with van der Waals surface area (Å²) in [6.45, 7) is 20.6. The molecule has 2 aromatic carbocycles. The smallest absolute Gasteiger partial charge is 0.315 e. The Morgan fingerprint density at radius 1 is 0.912 bits per heavy atom. The molecular formula is C60H82IN7O12. The SMILES string of the molecule is COc1c(C)c2c3c4c5c(c(c(O)c14)NC(=O)/C(C)=C\C=C\[C@H](C)[C@H](OC)[C@@H](C)[C@@H](OC)[C@@H](C)[C@H](OC(=O)CC(=O)N1CCC([C@@H](OC)c4nccn4C)CC1)[C@H](C)[C@@H](I)/C=C/O[C@@](C)(O2)C3=O)=NC1(CCN(CC(C)C)CC1)N=5. The molecule has 6 heterocycles. The summed E-state index contributed by atoms with van der Waals surface area (Å²) in [6, 6.07) is 0. The topological polar surface area (TPSA) is 214 Å². The van der Waals surface area contributed by atoms with E-state index in [4.69, 9.17) is 43.1 Å². The van der Waals surface area contributed by atoms with Gasteiger partial charge in [-0.1, -0.05) is 82.4 Å². The number of fused-ring (bicyclic) bond motifs is 1. The molecule has 0 saturated carbocycles. The van der Waals surface area contributed by atoms with E-state index in [0.717, 1.165) is 25.5 Å². The first kappa shape index (κ1) is 60.7. The number of imidazole rings is 1. The fourth-order valence-corrected chi connectivity index (χ4v) is 13.4. The number of rotatable bonds is 11. The molecule has 0 unspecified atom stereocenters. The number of hydrogen-bond donors (Lipinski definition) is 2. The van der Waals surface area contributed by atoms with Crippen molar-refractivity contribution in [2.75, 3.05) is 66.5 Å². The van der Waals surface area contributed by atoms with Gasteiger partial charge in [0.25, 0.3) is 11.7 Å². The number of halogens is 1. The monoisotopic (exact) mass is 1220 g/mol. The van der Waals surface area contributed by atoms with Crippen LogP contribution in [-0.2, 0) is 45.1 Å². The van der Waals surface area contributed by atoms with Gasteiger partial charge in [0, 0.05) is 137 Å². The maximum atomic E-state index is 15.2. The van der Waals surface area contributed by atoms with Crippen LogP contribution < -0.4 is 25.5 Å². The number of nitrogens with zero attached hydrogens (tertiary/aromatic N) is 6. The molecule has 8 rings (SSSR count). The predicted octanol–water partition coefficient (Wildman–Crippen LogP) is 7.88. The van der Waals surface area contributed by atoms with Crippen LogP contribution in [0.2, 0.25) is 0 Å². The molecule has 2 amide bonds. The molecule has 10 atom stereocenters. The third kappa shape index (κ3) is 11.9. The van der Waals surface area contributed by atoms with Crippen LogP contribution in [0.4, 0.5) is 5.69 Å². The second-order valence-electron chi connectivity index (χ2n) is 23.1. The summed E-state index contributed by atoms with van der Waals surface area (Å²) in [5, 5.41) is 16.6. The molecule has 5 aliphatic rings. The number of alkyl halides is 1. The van der Waals surface area contributed by atoms with Gasteiger partial charge in [-0.05, 0) is 44.6 Å². The number of carbonyl (C=O) groups excluding carboxylic acids is 4. The number of aromatic nitrogens is 2. The standard InChI is InChI=1S/C60H82IN7O12/c1-32(2)31-67-26-21-60(22-27-67)64-46-43-44-49(71)48(47(46)65-60)63-58(73)34(4)17-15-16-33(3)50(74-11)36(6)51(75-12)37(7)52(35(5)40(61)20-29-78-59(9)56(72)45(43)54(80-59)38(8)53(44)76-13)79-42(70)30-41(69)68-24-18-39(19-25-68)55(77-14)57-62-23-28-66(57)10/h15-17,20,23,28-29,32-33,35-37,39-40,50-52,55,71H,18-19,21-22,24-27,30-31H2,1-14H3,(H,63,73)/b16-15+,29-20+,34-17-/t33-,35+,36+,37+,40-,50-,51+,52+,55+,59-/m0/s1. The Hall–Kier alpha value is -5.42. The zero-order valence-corrected chi connectivity index (χ0v) is 51.1. The summed E-state index contributed by atoms with van der Waals surface area (Å²) in [5.74, 6) is -3.62. The molecule has 4 bridgehead atoms. The van der Waals surface area contributed by atoms with Gasteiger partial charge in [0.05, 0.1) is 41.9 Å². The van der Waals surface area contributed by atoms with Gasteiger partial charge in [0.1, 0.15) is 47.0 Å². The van der Waals surface area contributed by atoms with Crippen LogP contribution in [0.25, 0.3) is 10.8 Å². The number of Topliss-reactive ketones (excluding diaryl/α,β-unsaturated/α-hetero) is 1. The lowest BCUT2D eigenvalue weighted by atomic mass is 9.78. The summed E-state index contributed by atoms with van der Waals surface area (Å²) >= 11 is 2.27. The molecule has 1 spiro atoms. The minimum absolute atomic E-state index is 0.0629. The Kier molecular flexibility index (Phi) is 18.9. The number of aryl methyl sites for hydroxylation is 1. The number of phenolic OH excluding ortho intramolecular Hbond substituents is 1. The van der Waals surface area contributed by atoms with Crippen LogP contribution in [0.3, 0.4) is 0 Å². The minimum atomic E-state index is -1.89. The Bertz CT molecular complexity index is 3050. The Morgan fingerprint density at radius 3 is 2.19 bits per heavy atom. The fraction of sp³-hybridized carbons (Fsp3) is 0.617. The van der Waals surface area contributed by atoms with Crippen LogP contribution in [0.1, 0.15) is 115 Å². The van der Waals surface area contributed by atoms with E-state index in [1.165, 1.54) is 13.4 Å². The molecule has 0 aliphatic carbocycles. The molecule has 1 aromatic heterocycles. The van der Waals surface area contributed by atoms with E-state index < -0.39 is 65.7 Å². The Morgan fingerprint density at radius 2 is 1.57 bits per heavy atom. The van der Waals surface area contributed by atoms with Crippen LogP contribution in [-0.4, -0.2) is 143 Å². The second-order valence-corrected chi connectivity index (χ2v) is 24.6. The first-order valence-electron chi connectivity index (χ1n) is 28.0. The number of likely N-dealkylation sites (tertiary alicyclic amines) is 2. The number of benzene rings is 2. The summed E-state index contributed by atoms with van der Waals surface area (Å²) in [5.41, 5.74) is 0.0547. The summed E-state index contributed by atoms with van der Waals surface area (Å²) < 4.78 is 45.4. The van der Waals surface area contributed by atoms with Crippen molar-refractivity contribution in [2.45, 2.75) is 134 Å². The van der Waals surface area contributed by atoms with E-state index in [0.29, 0.717) is 61.2 Å². The quantitative estimate of drug-likeness (QED) is 0.0615. The van der Waals surface area contributed by atoms with Gasteiger partial charge in [0.15, 0.2) is 11.4 Å². The molecular weight excluding hydrogens is 1140 g/mol. The highest BCUT2D eigenvalue weighted by Gasteiger charge is 2.51. The van der Waals surface area contributed by atoms with Crippen molar-refractivity contribution in [3.63, 3.8) is 0 Å². The average molecular weight is 1220 g/mol. The van der Waals surface area contributed by atoms with Crippen LogP contribution >= 0.6 is 22.6 Å². The number of hydrogen-bond acceptors (Lipinski definition) is 16. The molecule has 20 heteroatoms. The summed E-state index contributed by atoms with van der Waals surface area (Å²) in [4.78, 5) is 76.8. The van der Waals surface area contributed by atoms with Crippen molar-refractivity contribution in [3.05, 3.63) is 76.2 Å². The van der Waals surface area contributed by atoms with Crippen molar-refractivity contribution in [1.82, 2.24) is 19.4 Å². The van der Waals surface area contributed by atoms with E-state index in [1.54, 1.807) is 65.3 Å². The molecule has 80 heavy (non-hydrogen) atoms. The van der Waals surface area contributed by atoms with Gasteiger partial charge < -0.3 is 57.9 Å². The maximum absolute atomic E-state index is 15.2. The number of aromatic hydroxyl groups is 1. The number of allylic oxidation sites excluding steroid dienone is 3. The van der Waals surface area contributed by atoms with Crippen molar-refractivity contribution in [1.29, 1.82) is 0 Å². The zero-order chi connectivity index (χ0) is 58.1. The number of phenols is 1. The third-order valence-corrected chi connectivity index (χ3v) is 18.7. The zero-order valence-electron chi connectivity index (χ0n) is 49.0. The van der Waals surface area contributed by atoms with E-state index in [-0.39, 0.29) is 78.3 Å². The van der Waals surface area contributed by atoms with Crippen LogP contribution in [0, 0.1) is 42.4 Å². The first-order valence-corrected chi connectivity index (χ1v) is 29.3. The number of piperidine rings is 2. The van der Waals surface area contributed by atoms with Crippen LogP contribution in [0.15, 0.2) is 58.5 Å². The van der Waals surface area contributed by atoms with Gasteiger partial charge in [0.2, 0.25) is 5.91 Å². The lowest BCUT2D eigenvalue weighted by Crippen LogP contribution is -2.47. The van der Waals surface area contributed by atoms with Crippen molar-refractivity contribution >= 4 is 62.6 Å². The third-order valence-electron chi connectivity index (χ3n) is 17.2. The predicted molar refractivity (Wildman–Crippen MR) is 310 cm³/mol. The number of ether oxygens (including phenoxy) is 7. The number of amides is 2. The molecule has 19 nitrogen and oxygen atoms in total. The van der Waals surface area contributed by atoms with Gasteiger partial charge in [-0.3, -0.25) is 29.2 Å². The summed E-state index contributed by atoms with van der Waals surface area (Å²) in [7, 11) is 8.35. The average Bonchev–Trinajstić information content (AvgIpc) is 4.31. The lowest BCUT2D eigenvalue weighted by molar-refractivity contribution is -0.164. The van der Waals surface area contributed by atoms with E-state index in [2.05, 4.69) is 51.6 Å². The number of carbonyl (C=O) groups is 4. The molecule has 2 fully saturated rings. The van der Waals surface area contributed by atoms with Crippen molar-refractivity contribution < 1.29 is 57.4 Å². The highest BCUT2D eigenvalue weighted by molar-refractivity contribution is 14.1. The number of esters is 1. The molecule has 0 radical (unpaired) electrons. The number of anilines is 1. The van der Waals surface area contributed by atoms with Crippen molar-refractivity contribution in [3.8, 4) is 17.2 Å². The first-order chi connectivity index (χ1) is 38.0. The maximum Gasteiger partial charge on any atom is 0.315 e. The molecule has 3 aromatic rings. The Balaban J connectivity index is 1.15. The van der Waals surface area contributed by atoms with Gasteiger partial charge in [-0.25, -0.2) is 4.98 Å². The normalized spacial score (nSPS) is 29.5. The molecule has 2 saturated heterocycles. The second kappa shape index (κ2) is 25.0. The van der Waals surface area contributed by atoms with Gasteiger partial charge in [-0.15, -0.1) is 0 Å². The van der Waals surface area contributed by atoms with Gasteiger partial charge in [-0.2, -0.15) is 0 Å². The number of ketones is 1. The van der Waals surface area contributed by atoms with E-state index >= 15 is 4.79 Å². The Labute approximate surface area is 483 Å². The number of nitrogens with one attached hydrogen (secondary N) is 1. The van der Waals surface area contributed by atoms with Crippen LogP contribution in [0.5, 0.6) is 17.2 Å². The minimum Gasteiger partial charge on any atom is -0.505 e. The van der Waals surface area contributed by atoms with Crippen molar-refractivity contribution in [2.24, 2.45) is 52.5 Å². The van der Waals surface area contributed by atoms with E-state index in [1.807, 2.05) is 57.7 Å². The lowest BCUT2D eigenvalue weighted by Gasteiger charge is -2.40. The highest BCUT2D eigenvalue weighted by atomic mass is 127. The fourth-order valence-electron chi connectivity index (χ4n) is 12.8. The van der Waals surface area contributed by atoms with E-state index in [9.17, 15) is 19.5 Å². The molecule has 436 valence electrons. The highest BCUT2D eigenvalue weighted by Crippen LogP contribution is 2.50. The van der Waals surface area contributed by atoms with Gasteiger partial charge >= 0.3 is 11.8 Å². The largest absolute Gasteiger partial charge is 0.505 e. The molecule has 5 aliphatic heterocycles. The molecule has 2 N–H and O–H groups in total.